The summed E-state index contributed by atoms with van der Waals surface area (Å²) in [7, 11) is 0. The molecule has 0 saturated carbocycles. The van der Waals surface area contributed by atoms with E-state index < -0.39 is 0 Å². The summed E-state index contributed by atoms with van der Waals surface area (Å²) >= 11 is 0. The first-order chi connectivity index (χ1) is 12.3. The Morgan fingerprint density at radius 1 is 1.00 bits per heavy atom. The molecule has 4 aromatic rings. The van der Waals surface area contributed by atoms with Crippen LogP contribution >= 0.6 is 0 Å². The largest absolute Gasteiger partial charge is 0.262 e. The van der Waals surface area contributed by atoms with Crippen molar-refractivity contribution in [3.8, 4) is 34.4 Å². The van der Waals surface area contributed by atoms with Gasteiger partial charge in [0.1, 0.15) is 11.4 Å². The standard InChI is InChI=1S/C18H11N7/c19-10-13-5-1-2-6-16(13)14-9-15(12-20-11-14)25-23-18(22-24-25)17-7-3-4-8-21-17/h1-9,11-12H. The average Bonchev–Trinajstić information content (AvgIpc) is 3.19. The van der Waals surface area contributed by atoms with Crippen LogP contribution in [0.15, 0.2) is 67.1 Å². The van der Waals surface area contributed by atoms with E-state index in [-0.39, 0.29) is 0 Å². The molecule has 118 valence electrons. The molecule has 0 atom stereocenters. The number of hydrogen-bond acceptors (Lipinski definition) is 6. The Morgan fingerprint density at radius 2 is 1.88 bits per heavy atom. The van der Waals surface area contributed by atoms with Gasteiger partial charge in [0.2, 0.25) is 5.82 Å². The number of hydrogen-bond donors (Lipinski definition) is 0. The Morgan fingerprint density at radius 3 is 2.72 bits per heavy atom. The normalized spacial score (nSPS) is 10.4. The molecule has 7 heteroatoms. The van der Waals surface area contributed by atoms with E-state index in [9.17, 15) is 5.26 Å². The summed E-state index contributed by atoms with van der Waals surface area (Å²) in [6.45, 7) is 0. The molecule has 7 nitrogen and oxygen atoms in total. The van der Waals surface area contributed by atoms with Crippen molar-refractivity contribution >= 4 is 0 Å². The Kier molecular flexibility index (Phi) is 3.69. The summed E-state index contributed by atoms with van der Waals surface area (Å²) in [5.74, 6) is 0.434. The number of nitrogens with zero attached hydrogens (tertiary/aromatic N) is 7. The maximum absolute atomic E-state index is 9.28. The predicted molar refractivity (Wildman–Crippen MR) is 90.3 cm³/mol. The molecule has 0 N–H and O–H groups in total. The lowest BCUT2D eigenvalue weighted by molar-refractivity contribution is 0.717. The molecule has 0 saturated heterocycles. The van der Waals surface area contributed by atoms with Crippen molar-refractivity contribution in [1.82, 2.24) is 30.2 Å². The van der Waals surface area contributed by atoms with Gasteiger partial charge in [-0.2, -0.15) is 5.26 Å². The van der Waals surface area contributed by atoms with Crippen molar-refractivity contribution in [3.63, 3.8) is 0 Å². The van der Waals surface area contributed by atoms with Crippen LogP contribution in [0.5, 0.6) is 0 Å². The van der Waals surface area contributed by atoms with Crippen molar-refractivity contribution < 1.29 is 0 Å². The van der Waals surface area contributed by atoms with E-state index in [1.165, 1.54) is 4.80 Å². The van der Waals surface area contributed by atoms with Crippen LogP contribution in [0.4, 0.5) is 0 Å². The Hall–Kier alpha value is -3.92. The zero-order valence-electron chi connectivity index (χ0n) is 13.0. The van der Waals surface area contributed by atoms with E-state index in [1.54, 1.807) is 24.7 Å². The number of rotatable bonds is 3. The Balaban J connectivity index is 1.74. The highest BCUT2D eigenvalue weighted by molar-refractivity contribution is 5.71. The number of nitriles is 1. The van der Waals surface area contributed by atoms with E-state index in [0.29, 0.717) is 22.8 Å². The average molecular weight is 325 g/mol. The van der Waals surface area contributed by atoms with Crippen LogP contribution in [0, 0.1) is 11.3 Å². The molecule has 0 unspecified atom stereocenters. The van der Waals surface area contributed by atoms with E-state index >= 15 is 0 Å². The van der Waals surface area contributed by atoms with Crippen molar-refractivity contribution in [2.45, 2.75) is 0 Å². The van der Waals surface area contributed by atoms with Crippen LogP contribution in [0.1, 0.15) is 5.56 Å². The number of tetrazole rings is 1. The highest BCUT2D eigenvalue weighted by Crippen LogP contribution is 2.24. The second-order valence-corrected chi connectivity index (χ2v) is 5.21. The van der Waals surface area contributed by atoms with E-state index in [4.69, 9.17) is 0 Å². The predicted octanol–water partition coefficient (Wildman–Crippen LogP) is 2.66. The molecule has 3 heterocycles. The second kappa shape index (κ2) is 6.29. The van der Waals surface area contributed by atoms with Gasteiger partial charge in [-0.1, -0.05) is 24.3 Å². The summed E-state index contributed by atoms with van der Waals surface area (Å²) in [6, 6.07) is 16.9. The third-order valence-electron chi connectivity index (χ3n) is 3.62. The monoisotopic (exact) mass is 325 g/mol. The second-order valence-electron chi connectivity index (χ2n) is 5.21. The van der Waals surface area contributed by atoms with Crippen LogP contribution in [0.25, 0.3) is 28.3 Å². The van der Waals surface area contributed by atoms with Crippen LogP contribution in [-0.4, -0.2) is 30.2 Å². The summed E-state index contributed by atoms with van der Waals surface area (Å²) in [6.07, 6.45) is 5.02. The van der Waals surface area contributed by atoms with Crippen LogP contribution in [-0.2, 0) is 0 Å². The maximum atomic E-state index is 9.28. The fourth-order valence-electron chi connectivity index (χ4n) is 2.44. The minimum atomic E-state index is 0.434. The zero-order valence-corrected chi connectivity index (χ0v) is 13.0. The van der Waals surface area contributed by atoms with Crippen LogP contribution in [0.3, 0.4) is 0 Å². The number of benzene rings is 1. The zero-order chi connectivity index (χ0) is 17.1. The maximum Gasteiger partial charge on any atom is 0.223 e. The SMILES string of the molecule is N#Cc1ccccc1-c1cncc(-n2nnc(-c3ccccn3)n2)c1. The lowest BCUT2D eigenvalue weighted by Crippen LogP contribution is -2.00. The van der Waals surface area contributed by atoms with Crippen molar-refractivity contribution in [2.24, 2.45) is 0 Å². The number of aromatic nitrogens is 6. The van der Waals surface area contributed by atoms with Crippen LogP contribution < -0.4 is 0 Å². The van der Waals surface area contributed by atoms with Gasteiger partial charge in [0.15, 0.2) is 0 Å². The summed E-state index contributed by atoms with van der Waals surface area (Å²) in [5, 5.41) is 21.7. The first-order valence-electron chi connectivity index (χ1n) is 7.51. The molecule has 0 amide bonds. The van der Waals surface area contributed by atoms with Crippen molar-refractivity contribution in [2.75, 3.05) is 0 Å². The molecule has 3 aromatic heterocycles. The van der Waals surface area contributed by atoms with Gasteiger partial charge in [-0.3, -0.25) is 9.97 Å². The van der Waals surface area contributed by atoms with E-state index in [0.717, 1.165) is 11.1 Å². The Bertz CT molecular complexity index is 1060. The van der Waals surface area contributed by atoms with Crippen molar-refractivity contribution in [3.05, 3.63) is 72.7 Å². The van der Waals surface area contributed by atoms with E-state index in [1.807, 2.05) is 42.5 Å². The van der Waals surface area contributed by atoms with Crippen LogP contribution in [0.2, 0.25) is 0 Å². The first-order valence-corrected chi connectivity index (χ1v) is 7.51. The van der Waals surface area contributed by atoms with E-state index in [2.05, 4.69) is 31.4 Å². The fourth-order valence-corrected chi connectivity index (χ4v) is 2.44. The van der Waals surface area contributed by atoms with Gasteiger partial charge in [-0.15, -0.1) is 15.0 Å². The molecular weight excluding hydrogens is 314 g/mol. The van der Waals surface area contributed by atoms with Gasteiger partial charge in [-0.25, -0.2) is 0 Å². The molecule has 1 aromatic carbocycles. The molecule has 0 aliphatic heterocycles. The quantitative estimate of drug-likeness (QED) is 0.575. The molecule has 4 rings (SSSR count). The van der Waals surface area contributed by atoms with Gasteiger partial charge in [0.25, 0.3) is 0 Å². The highest BCUT2D eigenvalue weighted by atomic mass is 15.6. The van der Waals surface area contributed by atoms with Gasteiger partial charge in [0.05, 0.1) is 17.8 Å². The molecule has 0 spiro atoms. The van der Waals surface area contributed by atoms with Gasteiger partial charge >= 0.3 is 0 Å². The minimum Gasteiger partial charge on any atom is -0.262 e. The van der Waals surface area contributed by atoms with Gasteiger partial charge in [0, 0.05) is 23.5 Å². The molecular formula is C18H11N7. The third kappa shape index (κ3) is 2.84. The summed E-state index contributed by atoms with van der Waals surface area (Å²) in [5.41, 5.74) is 3.51. The summed E-state index contributed by atoms with van der Waals surface area (Å²) in [4.78, 5) is 9.85. The molecule has 0 aliphatic carbocycles. The minimum absolute atomic E-state index is 0.434. The Labute approximate surface area is 143 Å². The molecule has 25 heavy (non-hydrogen) atoms. The fraction of sp³-hybridized carbons (Fsp3) is 0. The third-order valence-corrected chi connectivity index (χ3v) is 3.62. The molecule has 0 aliphatic rings. The van der Waals surface area contributed by atoms with Crippen molar-refractivity contribution in [1.29, 1.82) is 5.26 Å². The molecule has 0 radical (unpaired) electrons. The lowest BCUT2D eigenvalue weighted by Gasteiger charge is -2.05. The highest BCUT2D eigenvalue weighted by Gasteiger charge is 2.10. The molecule has 0 bridgehead atoms. The topological polar surface area (TPSA) is 93.2 Å². The van der Waals surface area contributed by atoms with Gasteiger partial charge in [-0.05, 0) is 29.5 Å². The summed E-state index contributed by atoms with van der Waals surface area (Å²) < 4.78 is 0. The number of pyridine rings is 2. The first kappa shape index (κ1) is 14.7. The van der Waals surface area contributed by atoms with Gasteiger partial charge < -0.3 is 0 Å². The molecule has 0 fully saturated rings. The smallest absolute Gasteiger partial charge is 0.223 e. The lowest BCUT2D eigenvalue weighted by atomic mass is 10.0.